The smallest absolute Gasteiger partial charge is 0.326 e. The van der Waals surface area contributed by atoms with Crippen LogP contribution in [0.25, 0.3) is 0 Å². The number of hydrogen-bond donors (Lipinski definition) is 1. The third-order valence-electron chi connectivity index (χ3n) is 3.67. The van der Waals surface area contributed by atoms with Crippen LogP contribution < -0.4 is 5.32 Å². The zero-order valence-electron chi connectivity index (χ0n) is 15.0. The fraction of sp³-hybridized carbons (Fsp3) is 0.412. The number of ketones is 1. The lowest BCUT2D eigenvalue weighted by Gasteiger charge is -2.11. The van der Waals surface area contributed by atoms with Gasteiger partial charge in [0.2, 0.25) is 11.7 Å². The second kappa shape index (κ2) is 8.55. The van der Waals surface area contributed by atoms with E-state index in [1.807, 2.05) is 6.92 Å². The maximum Gasteiger partial charge on any atom is 0.451 e. The number of rotatable bonds is 7. The van der Waals surface area contributed by atoms with Crippen molar-refractivity contribution in [1.29, 1.82) is 0 Å². The average molecular weight is 400 g/mol. The Labute approximate surface area is 158 Å². The van der Waals surface area contributed by atoms with Gasteiger partial charge in [0.1, 0.15) is 0 Å². The van der Waals surface area contributed by atoms with Crippen LogP contribution in [0.4, 0.5) is 18.9 Å². The van der Waals surface area contributed by atoms with Gasteiger partial charge in [-0.15, -0.1) is 10.2 Å². The van der Waals surface area contributed by atoms with Crippen LogP contribution in [0.5, 0.6) is 0 Å². The summed E-state index contributed by atoms with van der Waals surface area (Å²) in [6, 6.07) is 6.36. The van der Waals surface area contributed by atoms with Gasteiger partial charge < -0.3 is 9.88 Å². The highest BCUT2D eigenvalue weighted by Gasteiger charge is 2.37. The Balaban J connectivity index is 2.05. The summed E-state index contributed by atoms with van der Waals surface area (Å²) < 4.78 is 39.1. The van der Waals surface area contributed by atoms with Gasteiger partial charge in [-0.1, -0.05) is 18.7 Å². The molecule has 0 aliphatic rings. The molecule has 1 aromatic carbocycles. The van der Waals surface area contributed by atoms with Crippen molar-refractivity contribution >= 4 is 29.1 Å². The molecule has 0 spiro atoms. The van der Waals surface area contributed by atoms with Crippen LogP contribution in [0.2, 0.25) is 0 Å². The molecule has 6 nitrogen and oxygen atoms in total. The molecule has 1 heterocycles. The lowest BCUT2D eigenvalue weighted by atomic mass is 10.1. The van der Waals surface area contributed by atoms with Crippen molar-refractivity contribution in [2.75, 3.05) is 5.32 Å². The molecule has 0 fully saturated rings. The fourth-order valence-electron chi connectivity index (χ4n) is 2.28. The first-order valence-corrected chi connectivity index (χ1v) is 9.08. The number of hydrogen-bond acceptors (Lipinski definition) is 5. The second-order valence-corrected chi connectivity index (χ2v) is 7.17. The van der Waals surface area contributed by atoms with E-state index < -0.39 is 17.3 Å². The van der Waals surface area contributed by atoms with Crippen molar-refractivity contribution in [3.05, 3.63) is 35.7 Å². The normalized spacial score (nSPS) is 12.7. The molecule has 146 valence electrons. The van der Waals surface area contributed by atoms with Gasteiger partial charge in [-0.3, -0.25) is 9.59 Å². The highest BCUT2D eigenvalue weighted by Crippen LogP contribution is 2.31. The molecule has 1 atom stereocenters. The highest BCUT2D eigenvalue weighted by atomic mass is 32.2. The molecule has 0 saturated carbocycles. The summed E-state index contributed by atoms with van der Waals surface area (Å²) in [5.74, 6) is -1.48. The quantitative estimate of drug-likeness (QED) is 0.563. The molecule has 1 amide bonds. The summed E-state index contributed by atoms with van der Waals surface area (Å²) >= 11 is 0.902. The number of aromatic nitrogens is 3. The van der Waals surface area contributed by atoms with Crippen LogP contribution in [0.15, 0.2) is 29.4 Å². The van der Waals surface area contributed by atoms with E-state index in [0.717, 1.165) is 22.7 Å². The molecule has 27 heavy (non-hydrogen) atoms. The number of thioether (sulfide) groups is 1. The Bertz CT molecular complexity index is 819. The number of halogens is 3. The van der Waals surface area contributed by atoms with Crippen molar-refractivity contribution in [3.8, 4) is 0 Å². The van der Waals surface area contributed by atoms with Crippen molar-refractivity contribution in [1.82, 2.24) is 14.8 Å². The minimum Gasteiger partial charge on any atom is -0.326 e. The highest BCUT2D eigenvalue weighted by molar-refractivity contribution is 8.00. The van der Waals surface area contributed by atoms with Crippen molar-refractivity contribution in [2.24, 2.45) is 7.05 Å². The van der Waals surface area contributed by atoms with E-state index in [1.165, 1.54) is 7.05 Å². The summed E-state index contributed by atoms with van der Waals surface area (Å²) in [6.07, 6.45) is -3.47. The van der Waals surface area contributed by atoms with Gasteiger partial charge in [0.25, 0.3) is 0 Å². The molecule has 2 rings (SSSR count). The molecule has 1 N–H and O–H groups in total. The lowest BCUT2D eigenvalue weighted by molar-refractivity contribution is -0.147. The summed E-state index contributed by atoms with van der Waals surface area (Å²) in [5, 5.41) is 8.73. The molecule has 0 aliphatic carbocycles. The Hall–Kier alpha value is -2.36. The number of carbonyl (C=O) groups excluding carboxylic acids is 2. The van der Waals surface area contributed by atoms with Gasteiger partial charge >= 0.3 is 6.18 Å². The Morgan fingerprint density at radius 2 is 1.85 bits per heavy atom. The predicted molar refractivity (Wildman–Crippen MR) is 95.6 cm³/mol. The summed E-state index contributed by atoms with van der Waals surface area (Å²) in [5.41, 5.74) is 0.968. The SMILES string of the molecule is CCCC(=O)Nc1ccc(C(=O)[C@H](C)Sc2nnc(C(F)(F)F)n2C)cc1. The van der Waals surface area contributed by atoms with E-state index >= 15 is 0 Å². The molecule has 0 aliphatic heterocycles. The third-order valence-corrected chi connectivity index (χ3v) is 4.80. The standard InChI is InChI=1S/C17H19F3N4O2S/c1-4-5-13(25)21-12-8-6-11(7-9-12)14(26)10(2)27-16-23-22-15(24(16)3)17(18,19)20/h6-10H,4-5H2,1-3H3,(H,21,25)/t10-/m0/s1. The number of benzene rings is 1. The number of alkyl halides is 3. The first-order chi connectivity index (χ1) is 12.6. The number of anilines is 1. The number of nitrogens with one attached hydrogen (secondary N) is 1. The zero-order chi connectivity index (χ0) is 20.2. The van der Waals surface area contributed by atoms with Gasteiger partial charge in [-0.05, 0) is 37.6 Å². The third kappa shape index (κ3) is 5.31. The van der Waals surface area contributed by atoms with Crippen LogP contribution in [0, 0.1) is 0 Å². The molecule has 0 unspecified atom stereocenters. The average Bonchev–Trinajstić information content (AvgIpc) is 2.96. The van der Waals surface area contributed by atoms with E-state index in [2.05, 4.69) is 15.5 Å². The van der Waals surface area contributed by atoms with E-state index in [4.69, 9.17) is 0 Å². The minimum atomic E-state index is -4.61. The van der Waals surface area contributed by atoms with Crippen LogP contribution in [-0.4, -0.2) is 31.7 Å². The molecular formula is C17H19F3N4O2S. The van der Waals surface area contributed by atoms with Crippen LogP contribution in [0.3, 0.4) is 0 Å². The fourth-order valence-corrected chi connectivity index (χ4v) is 3.17. The van der Waals surface area contributed by atoms with Gasteiger partial charge in [0.15, 0.2) is 10.9 Å². The predicted octanol–water partition coefficient (Wildman–Crippen LogP) is 3.94. The van der Waals surface area contributed by atoms with Gasteiger partial charge in [0, 0.05) is 24.7 Å². The number of carbonyl (C=O) groups is 2. The topological polar surface area (TPSA) is 76.9 Å². The second-order valence-electron chi connectivity index (χ2n) is 5.86. The first kappa shape index (κ1) is 20.9. The van der Waals surface area contributed by atoms with E-state index in [1.54, 1.807) is 31.2 Å². The summed E-state index contributed by atoms with van der Waals surface area (Å²) in [6.45, 7) is 3.49. The summed E-state index contributed by atoms with van der Waals surface area (Å²) in [4.78, 5) is 24.1. The Morgan fingerprint density at radius 1 is 1.22 bits per heavy atom. The maximum atomic E-state index is 12.8. The minimum absolute atomic E-state index is 0.00613. The maximum absolute atomic E-state index is 12.8. The van der Waals surface area contributed by atoms with Crippen LogP contribution in [0.1, 0.15) is 42.9 Å². The van der Waals surface area contributed by atoms with E-state index in [9.17, 15) is 22.8 Å². The molecule has 0 bridgehead atoms. The van der Waals surface area contributed by atoms with Gasteiger partial charge in [0.05, 0.1) is 5.25 Å². The molecule has 10 heteroatoms. The molecular weight excluding hydrogens is 381 g/mol. The first-order valence-electron chi connectivity index (χ1n) is 8.20. The number of nitrogens with zero attached hydrogens (tertiary/aromatic N) is 3. The van der Waals surface area contributed by atoms with Crippen molar-refractivity contribution in [2.45, 2.75) is 43.3 Å². The van der Waals surface area contributed by atoms with Crippen LogP contribution in [-0.2, 0) is 18.0 Å². The number of Topliss-reactive ketones (excluding diaryl/α,β-unsaturated/α-hetero) is 1. The molecule has 1 aromatic heterocycles. The van der Waals surface area contributed by atoms with E-state index in [0.29, 0.717) is 17.7 Å². The monoisotopic (exact) mass is 400 g/mol. The largest absolute Gasteiger partial charge is 0.451 e. The van der Waals surface area contributed by atoms with Gasteiger partial charge in [-0.2, -0.15) is 13.2 Å². The van der Waals surface area contributed by atoms with Crippen molar-refractivity contribution in [3.63, 3.8) is 0 Å². The van der Waals surface area contributed by atoms with Crippen molar-refractivity contribution < 1.29 is 22.8 Å². The lowest BCUT2D eigenvalue weighted by Crippen LogP contribution is -2.16. The van der Waals surface area contributed by atoms with E-state index in [-0.39, 0.29) is 16.8 Å². The Kier molecular flexibility index (Phi) is 6.63. The number of amides is 1. The molecule has 0 radical (unpaired) electrons. The Morgan fingerprint density at radius 3 is 2.37 bits per heavy atom. The molecule has 0 saturated heterocycles. The summed E-state index contributed by atoms with van der Waals surface area (Å²) in [7, 11) is 1.20. The zero-order valence-corrected chi connectivity index (χ0v) is 15.8. The molecule has 2 aromatic rings. The van der Waals surface area contributed by atoms with Gasteiger partial charge in [-0.25, -0.2) is 0 Å². The van der Waals surface area contributed by atoms with Crippen LogP contribution >= 0.6 is 11.8 Å².